The Bertz CT molecular complexity index is 147. The first-order valence-electron chi connectivity index (χ1n) is 3.24. The summed E-state index contributed by atoms with van der Waals surface area (Å²) in [6.07, 6.45) is 0. The molecule has 1 aliphatic carbocycles. The molecule has 0 aromatic rings. The first kappa shape index (κ1) is 5.23. The van der Waals surface area contributed by atoms with Crippen LogP contribution in [0.25, 0.3) is 0 Å². The van der Waals surface area contributed by atoms with E-state index >= 15 is 0 Å². The lowest BCUT2D eigenvalue weighted by Crippen LogP contribution is -2.18. The van der Waals surface area contributed by atoms with Gasteiger partial charge in [0.05, 0.1) is 5.92 Å². The monoisotopic (exact) mass is 127 g/mol. The average Bonchev–Trinajstić information content (AvgIpc) is 2.30. The second-order valence-corrected chi connectivity index (χ2v) is 2.85. The predicted molar refractivity (Wildman–Crippen MR) is 31.0 cm³/mol. The number of hydrogen-bond acceptors (Lipinski definition) is 2. The largest absolute Gasteiger partial charge is 0.481 e. The number of rotatable bonds is 1. The fourth-order valence-electron chi connectivity index (χ4n) is 1.78. The van der Waals surface area contributed by atoms with Crippen LogP contribution in [0.5, 0.6) is 0 Å². The van der Waals surface area contributed by atoms with E-state index in [2.05, 4.69) is 5.32 Å². The Morgan fingerprint density at radius 1 is 1.44 bits per heavy atom. The van der Waals surface area contributed by atoms with Crippen molar-refractivity contribution < 1.29 is 9.90 Å². The summed E-state index contributed by atoms with van der Waals surface area (Å²) in [5.41, 5.74) is 0. The molecule has 0 spiro atoms. The van der Waals surface area contributed by atoms with Crippen molar-refractivity contribution in [3.05, 3.63) is 0 Å². The van der Waals surface area contributed by atoms with Crippen LogP contribution in [0.4, 0.5) is 0 Å². The van der Waals surface area contributed by atoms with Crippen molar-refractivity contribution in [2.75, 3.05) is 13.1 Å². The van der Waals surface area contributed by atoms with Gasteiger partial charge in [-0.3, -0.25) is 4.79 Å². The van der Waals surface area contributed by atoms with E-state index in [0.29, 0.717) is 11.8 Å². The maximum absolute atomic E-state index is 10.3. The van der Waals surface area contributed by atoms with Crippen molar-refractivity contribution in [3.63, 3.8) is 0 Å². The molecule has 3 nitrogen and oxygen atoms in total. The van der Waals surface area contributed by atoms with Gasteiger partial charge in [0.2, 0.25) is 0 Å². The molecule has 0 aromatic heterocycles. The minimum absolute atomic E-state index is 0.00810. The summed E-state index contributed by atoms with van der Waals surface area (Å²) in [4.78, 5) is 10.3. The molecule has 3 atom stereocenters. The lowest BCUT2D eigenvalue weighted by molar-refractivity contribution is -0.139. The molecule has 0 aromatic carbocycles. The smallest absolute Gasteiger partial charge is 0.307 e. The fourth-order valence-corrected chi connectivity index (χ4v) is 1.78. The van der Waals surface area contributed by atoms with Crippen LogP contribution in [0.15, 0.2) is 0 Å². The van der Waals surface area contributed by atoms with Crippen molar-refractivity contribution >= 4 is 5.97 Å². The quantitative estimate of drug-likeness (QED) is 0.501. The summed E-state index contributed by atoms with van der Waals surface area (Å²) in [6.45, 7) is 1.84. The third-order valence-corrected chi connectivity index (χ3v) is 2.38. The van der Waals surface area contributed by atoms with Crippen molar-refractivity contribution in [1.82, 2.24) is 5.32 Å². The zero-order chi connectivity index (χ0) is 6.43. The highest BCUT2D eigenvalue weighted by Crippen LogP contribution is 2.48. The third-order valence-electron chi connectivity index (χ3n) is 2.38. The van der Waals surface area contributed by atoms with Gasteiger partial charge in [-0.25, -0.2) is 0 Å². The molecule has 0 bridgehead atoms. The number of nitrogens with one attached hydrogen (secondary N) is 1. The van der Waals surface area contributed by atoms with Crippen LogP contribution in [0.1, 0.15) is 0 Å². The minimum Gasteiger partial charge on any atom is -0.481 e. The summed E-state index contributed by atoms with van der Waals surface area (Å²) in [6, 6.07) is 0. The predicted octanol–water partition coefficient (Wildman–Crippen LogP) is -0.464. The SMILES string of the molecule is O=C(O)[C@@H]1[C@@H]2CNC[C@@H]21. The molecule has 0 amide bonds. The van der Waals surface area contributed by atoms with Crippen molar-refractivity contribution in [2.24, 2.45) is 17.8 Å². The molecule has 2 aliphatic rings. The highest BCUT2D eigenvalue weighted by atomic mass is 16.4. The molecule has 1 saturated carbocycles. The molecule has 9 heavy (non-hydrogen) atoms. The van der Waals surface area contributed by atoms with E-state index in [1.54, 1.807) is 0 Å². The van der Waals surface area contributed by atoms with Crippen molar-refractivity contribution in [3.8, 4) is 0 Å². The van der Waals surface area contributed by atoms with E-state index in [1.165, 1.54) is 0 Å². The third kappa shape index (κ3) is 0.580. The zero-order valence-electron chi connectivity index (χ0n) is 5.00. The van der Waals surface area contributed by atoms with Gasteiger partial charge in [0.15, 0.2) is 0 Å². The molecular formula is C6H9NO2. The Morgan fingerprint density at radius 3 is 2.33 bits per heavy atom. The molecule has 1 saturated heterocycles. The van der Waals surface area contributed by atoms with E-state index in [1.807, 2.05) is 0 Å². The lowest BCUT2D eigenvalue weighted by Gasteiger charge is -1.96. The molecular weight excluding hydrogens is 118 g/mol. The summed E-state index contributed by atoms with van der Waals surface area (Å²) < 4.78 is 0. The summed E-state index contributed by atoms with van der Waals surface area (Å²) >= 11 is 0. The van der Waals surface area contributed by atoms with Crippen LogP contribution in [0, 0.1) is 17.8 Å². The zero-order valence-corrected chi connectivity index (χ0v) is 5.00. The molecule has 3 heteroatoms. The van der Waals surface area contributed by atoms with Crippen LogP contribution in [-0.4, -0.2) is 24.2 Å². The van der Waals surface area contributed by atoms with Crippen LogP contribution in [-0.2, 0) is 4.79 Å². The highest BCUT2D eigenvalue weighted by molar-refractivity contribution is 5.74. The second kappa shape index (κ2) is 1.48. The number of piperidine rings is 1. The Balaban J connectivity index is 2.02. The topological polar surface area (TPSA) is 49.3 Å². The van der Waals surface area contributed by atoms with Crippen molar-refractivity contribution in [2.45, 2.75) is 0 Å². The number of carboxylic acid groups (broad SMARTS) is 1. The number of hydrogen-bond donors (Lipinski definition) is 2. The van der Waals surface area contributed by atoms with Gasteiger partial charge in [-0.15, -0.1) is 0 Å². The number of fused-ring (bicyclic) bond motifs is 1. The normalized spacial score (nSPS) is 46.4. The minimum atomic E-state index is -0.605. The Labute approximate surface area is 53.1 Å². The van der Waals surface area contributed by atoms with Crippen LogP contribution < -0.4 is 5.32 Å². The highest BCUT2D eigenvalue weighted by Gasteiger charge is 2.57. The van der Waals surface area contributed by atoms with Gasteiger partial charge in [-0.05, 0) is 24.9 Å². The average molecular weight is 127 g/mol. The molecule has 1 heterocycles. The van der Waals surface area contributed by atoms with E-state index in [-0.39, 0.29) is 5.92 Å². The molecule has 2 rings (SSSR count). The van der Waals surface area contributed by atoms with Crippen LogP contribution >= 0.6 is 0 Å². The summed E-state index contributed by atoms with van der Waals surface area (Å²) in [5.74, 6) is 0.308. The Hall–Kier alpha value is -0.570. The fraction of sp³-hybridized carbons (Fsp3) is 0.833. The second-order valence-electron chi connectivity index (χ2n) is 2.85. The maximum atomic E-state index is 10.3. The summed E-state index contributed by atoms with van der Waals surface area (Å²) in [5, 5.41) is 11.7. The molecule has 50 valence electrons. The van der Waals surface area contributed by atoms with Crippen LogP contribution in [0.2, 0.25) is 0 Å². The number of aliphatic carboxylic acids is 1. The van der Waals surface area contributed by atoms with E-state index in [4.69, 9.17) is 5.11 Å². The van der Waals surface area contributed by atoms with Crippen molar-refractivity contribution in [1.29, 1.82) is 0 Å². The Kier molecular flexibility index (Phi) is 0.858. The van der Waals surface area contributed by atoms with Crippen LogP contribution in [0.3, 0.4) is 0 Å². The van der Waals surface area contributed by atoms with Gasteiger partial charge in [0, 0.05) is 0 Å². The van der Waals surface area contributed by atoms with E-state index in [0.717, 1.165) is 13.1 Å². The first-order chi connectivity index (χ1) is 4.30. The number of carbonyl (C=O) groups is 1. The molecule has 1 aliphatic heterocycles. The van der Waals surface area contributed by atoms with E-state index < -0.39 is 5.97 Å². The molecule has 2 fully saturated rings. The van der Waals surface area contributed by atoms with Gasteiger partial charge >= 0.3 is 5.97 Å². The van der Waals surface area contributed by atoms with Gasteiger partial charge in [-0.1, -0.05) is 0 Å². The Morgan fingerprint density at radius 2 is 2.00 bits per heavy atom. The summed E-state index contributed by atoms with van der Waals surface area (Å²) in [7, 11) is 0. The number of carboxylic acids is 1. The molecule has 0 unspecified atom stereocenters. The van der Waals surface area contributed by atoms with E-state index in [9.17, 15) is 4.79 Å². The van der Waals surface area contributed by atoms with Gasteiger partial charge < -0.3 is 10.4 Å². The maximum Gasteiger partial charge on any atom is 0.307 e. The van der Waals surface area contributed by atoms with Gasteiger partial charge in [0.25, 0.3) is 0 Å². The standard InChI is InChI=1S/C6H9NO2/c8-6(9)5-3-1-7-2-4(3)5/h3-5,7H,1-2H2,(H,8,9)/t3-,4+,5-. The first-order valence-corrected chi connectivity index (χ1v) is 3.24. The lowest BCUT2D eigenvalue weighted by atomic mass is 10.3. The van der Waals surface area contributed by atoms with Gasteiger partial charge in [-0.2, -0.15) is 0 Å². The molecule has 0 radical (unpaired) electrons. The molecule has 2 N–H and O–H groups in total. The van der Waals surface area contributed by atoms with Gasteiger partial charge in [0.1, 0.15) is 0 Å².